The molecule has 0 saturated carbocycles. The summed E-state index contributed by atoms with van der Waals surface area (Å²) in [5, 5.41) is 0. The topological polar surface area (TPSA) is 74.1 Å². The Balaban J connectivity index is 2.61. The number of imidazole rings is 1. The van der Waals surface area contributed by atoms with E-state index in [1.165, 1.54) is 13.4 Å². The van der Waals surface area contributed by atoms with Crippen LogP contribution in [-0.2, 0) is 22.3 Å². The van der Waals surface area contributed by atoms with E-state index in [0.29, 0.717) is 22.9 Å². The van der Waals surface area contributed by atoms with Gasteiger partial charge in [0, 0.05) is 18.9 Å². The maximum atomic E-state index is 11.9. The van der Waals surface area contributed by atoms with Crippen molar-refractivity contribution in [3.63, 3.8) is 0 Å². The van der Waals surface area contributed by atoms with Crippen molar-refractivity contribution in [3.8, 4) is 5.88 Å². The van der Waals surface area contributed by atoms with E-state index >= 15 is 0 Å². The van der Waals surface area contributed by atoms with Gasteiger partial charge in [-0.3, -0.25) is 0 Å². The highest BCUT2D eigenvalue weighted by atomic mass is 35.5. The Hall–Kier alpha value is -1.34. The molecule has 0 aliphatic carbocycles. The Kier molecular flexibility index (Phi) is 4.17. The van der Waals surface area contributed by atoms with E-state index in [0.717, 1.165) is 0 Å². The summed E-state index contributed by atoms with van der Waals surface area (Å²) >= 11 is 5.93. The number of halogens is 1. The Morgan fingerprint density at radius 3 is 2.52 bits per heavy atom. The quantitative estimate of drug-likeness (QED) is 0.783. The second-order valence-electron chi connectivity index (χ2n) is 5.48. The summed E-state index contributed by atoms with van der Waals surface area (Å²) in [4.78, 5) is 8.74. The summed E-state index contributed by atoms with van der Waals surface area (Å²) in [6, 6.07) is 3.49. The molecule has 0 aliphatic rings. The number of nitrogens with zero attached hydrogens (tertiary/aromatic N) is 3. The standard InChI is InChI=1S/C13H18ClN3O3S/c1-13(2,21(4,18)19)8-17-10(7-14)15-9-5-6-11(20-3)16-12(9)17/h5-6H,7-8H2,1-4H3. The van der Waals surface area contributed by atoms with E-state index in [-0.39, 0.29) is 12.4 Å². The highest BCUT2D eigenvalue weighted by Crippen LogP contribution is 2.24. The fourth-order valence-electron chi connectivity index (χ4n) is 1.91. The van der Waals surface area contributed by atoms with Gasteiger partial charge in [0.15, 0.2) is 15.5 Å². The molecule has 0 radical (unpaired) electrons. The number of ether oxygens (including phenoxy) is 1. The molecule has 0 aliphatic heterocycles. The van der Waals surface area contributed by atoms with E-state index in [2.05, 4.69) is 9.97 Å². The fraction of sp³-hybridized carbons (Fsp3) is 0.538. The van der Waals surface area contributed by atoms with Gasteiger partial charge in [-0.2, -0.15) is 4.98 Å². The predicted octanol–water partition coefficient (Wildman–Crippen LogP) is 2.00. The molecule has 0 bridgehead atoms. The van der Waals surface area contributed by atoms with Crippen molar-refractivity contribution in [2.45, 2.75) is 31.0 Å². The van der Waals surface area contributed by atoms with Crippen molar-refractivity contribution in [1.82, 2.24) is 14.5 Å². The van der Waals surface area contributed by atoms with Gasteiger partial charge in [-0.15, -0.1) is 11.6 Å². The number of fused-ring (bicyclic) bond motifs is 1. The molecule has 2 aromatic rings. The zero-order chi connectivity index (χ0) is 15.8. The number of hydrogen-bond donors (Lipinski definition) is 0. The molecule has 8 heteroatoms. The maximum absolute atomic E-state index is 11.9. The SMILES string of the molecule is COc1ccc2nc(CCl)n(CC(C)(C)S(C)(=O)=O)c2n1. The fourth-order valence-corrected chi connectivity index (χ4v) is 2.48. The average Bonchev–Trinajstić information content (AvgIpc) is 2.74. The number of sulfone groups is 1. The molecule has 0 amide bonds. The van der Waals surface area contributed by atoms with Gasteiger partial charge in [-0.1, -0.05) is 0 Å². The second-order valence-corrected chi connectivity index (χ2v) is 8.39. The van der Waals surface area contributed by atoms with Crippen LogP contribution in [0, 0.1) is 0 Å². The van der Waals surface area contributed by atoms with Gasteiger partial charge in [0.25, 0.3) is 0 Å². The van der Waals surface area contributed by atoms with E-state index in [1.54, 1.807) is 30.5 Å². The van der Waals surface area contributed by atoms with Gasteiger partial charge in [-0.05, 0) is 19.9 Å². The molecule has 21 heavy (non-hydrogen) atoms. The van der Waals surface area contributed by atoms with Crippen molar-refractivity contribution < 1.29 is 13.2 Å². The molecule has 2 aromatic heterocycles. The summed E-state index contributed by atoms with van der Waals surface area (Å²) in [5.74, 6) is 1.21. The number of methoxy groups -OCH3 is 1. The van der Waals surface area contributed by atoms with Crippen LogP contribution < -0.4 is 4.74 Å². The van der Waals surface area contributed by atoms with Crippen molar-refractivity contribution >= 4 is 32.6 Å². The van der Waals surface area contributed by atoms with Crippen LogP contribution in [0.1, 0.15) is 19.7 Å². The zero-order valence-electron chi connectivity index (χ0n) is 12.4. The molecule has 0 atom stereocenters. The lowest BCUT2D eigenvalue weighted by Crippen LogP contribution is -2.36. The predicted molar refractivity (Wildman–Crippen MR) is 82.6 cm³/mol. The Labute approximate surface area is 129 Å². The molecule has 6 nitrogen and oxygen atoms in total. The van der Waals surface area contributed by atoms with Gasteiger partial charge >= 0.3 is 0 Å². The highest BCUT2D eigenvalue weighted by molar-refractivity contribution is 7.92. The second kappa shape index (κ2) is 5.46. The third-order valence-electron chi connectivity index (χ3n) is 3.52. The molecule has 0 unspecified atom stereocenters. The minimum absolute atomic E-state index is 0.179. The molecular weight excluding hydrogens is 314 g/mol. The summed E-state index contributed by atoms with van der Waals surface area (Å²) in [5.41, 5.74) is 1.23. The lowest BCUT2D eigenvalue weighted by molar-refractivity contribution is 0.398. The van der Waals surface area contributed by atoms with E-state index < -0.39 is 14.6 Å². The van der Waals surface area contributed by atoms with Crippen LogP contribution in [-0.4, -0.2) is 41.1 Å². The van der Waals surface area contributed by atoms with Crippen LogP contribution in [0.4, 0.5) is 0 Å². The summed E-state index contributed by atoms with van der Waals surface area (Å²) < 4.78 is 29.8. The first-order valence-corrected chi connectivity index (χ1v) is 8.78. The molecule has 2 rings (SSSR count). The van der Waals surface area contributed by atoms with Crippen LogP contribution in [0.25, 0.3) is 11.2 Å². The Morgan fingerprint density at radius 1 is 1.33 bits per heavy atom. The molecule has 0 N–H and O–H groups in total. The first kappa shape index (κ1) is 16.0. The zero-order valence-corrected chi connectivity index (χ0v) is 14.0. The number of alkyl halides is 1. The minimum atomic E-state index is -3.24. The van der Waals surface area contributed by atoms with E-state index in [4.69, 9.17) is 16.3 Å². The Bertz CT molecular complexity index is 768. The van der Waals surface area contributed by atoms with Gasteiger partial charge in [-0.25, -0.2) is 13.4 Å². The van der Waals surface area contributed by atoms with Crippen LogP contribution in [0.2, 0.25) is 0 Å². The number of hydrogen-bond acceptors (Lipinski definition) is 5. The van der Waals surface area contributed by atoms with Crippen LogP contribution in [0.3, 0.4) is 0 Å². The first-order valence-electron chi connectivity index (χ1n) is 6.35. The Morgan fingerprint density at radius 2 is 2.00 bits per heavy atom. The molecule has 116 valence electrons. The molecular formula is C13H18ClN3O3S. The van der Waals surface area contributed by atoms with Gasteiger partial charge in [0.05, 0.1) is 17.7 Å². The minimum Gasteiger partial charge on any atom is -0.481 e. The van der Waals surface area contributed by atoms with Crippen molar-refractivity contribution in [1.29, 1.82) is 0 Å². The normalized spacial score (nSPS) is 12.8. The number of rotatable bonds is 5. The first-order chi connectivity index (χ1) is 9.69. The summed E-state index contributed by atoms with van der Waals surface area (Å²) in [6.45, 7) is 3.57. The van der Waals surface area contributed by atoms with Crippen molar-refractivity contribution in [2.24, 2.45) is 0 Å². The van der Waals surface area contributed by atoms with E-state index in [9.17, 15) is 8.42 Å². The molecule has 0 fully saturated rings. The summed E-state index contributed by atoms with van der Waals surface area (Å²) in [7, 11) is -1.71. The molecule has 0 saturated heterocycles. The highest BCUT2D eigenvalue weighted by Gasteiger charge is 2.32. The maximum Gasteiger partial charge on any atom is 0.215 e. The number of aromatic nitrogens is 3. The average molecular weight is 332 g/mol. The van der Waals surface area contributed by atoms with Crippen LogP contribution in [0.5, 0.6) is 5.88 Å². The van der Waals surface area contributed by atoms with Crippen molar-refractivity contribution in [2.75, 3.05) is 13.4 Å². The van der Waals surface area contributed by atoms with Gasteiger partial charge in [0.1, 0.15) is 11.3 Å². The third kappa shape index (κ3) is 2.98. The van der Waals surface area contributed by atoms with Crippen molar-refractivity contribution in [3.05, 3.63) is 18.0 Å². The van der Waals surface area contributed by atoms with Crippen LogP contribution >= 0.6 is 11.6 Å². The molecule has 2 heterocycles. The summed E-state index contributed by atoms with van der Waals surface area (Å²) in [6.07, 6.45) is 1.22. The lowest BCUT2D eigenvalue weighted by atomic mass is 10.2. The lowest BCUT2D eigenvalue weighted by Gasteiger charge is -2.24. The largest absolute Gasteiger partial charge is 0.481 e. The third-order valence-corrected chi connectivity index (χ3v) is 5.89. The van der Waals surface area contributed by atoms with E-state index in [1.807, 2.05) is 0 Å². The number of pyridine rings is 1. The van der Waals surface area contributed by atoms with Gasteiger partial charge in [0.2, 0.25) is 5.88 Å². The smallest absolute Gasteiger partial charge is 0.215 e. The molecule has 0 aromatic carbocycles. The van der Waals surface area contributed by atoms with Crippen LogP contribution in [0.15, 0.2) is 12.1 Å². The monoisotopic (exact) mass is 331 g/mol. The molecule has 0 spiro atoms. The van der Waals surface area contributed by atoms with Gasteiger partial charge < -0.3 is 9.30 Å².